The molecule has 2 atom stereocenters. The molecule has 2 N–H and O–H groups in total. The maximum absolute atomic E-state index is 13.2. The van der Waals surface area contributed by atoms with Crippen molar-refractivity contribution in [1.29, 1.82) is 0 Å². The molecule has 0 amide bonds. The monoisotopic (exact) mass is 574 g/mol. The number of aliphatic hydroxyl groups is 1. The minimum Gasteiger partial charge on any atom is -0.377 e. The molecule has 1 aliphatic heterocycles. The maximum Gasteiger partial charge on any atom is 0.401 e. The summed E-state index contributed by atoms with van der Waals surface area (Å²) in [5.41, 5.74) is 4.59. The lowest BCUT2D eigenvalue weighted by molar-refractivity contribution is -0.133. The van der Waals surface area contributed by atoms with Crippen molar-refractivity contribution >= 4 is 5.78 Å². The zero-order valence-corrected chi connectivity index (χ0v) is 23.6. The highest BCUT2D eigenvalue weighted by molar-refractivity contribution is 5.98. The van der Waals surface area contributed by atoms with Gasteiger partial charge in [-0.1, -0.05) is 84.9 Å². The first-order valence-electron chi connectivity index (χ1n) is 14.9. The second-order valence-electron chi connectivity index (χ2n) is 12.0. The van der Waals surface area contributed by atoms with Crippen LogP contribution in [-0.4, -0.2) is 54.4 Å². The van der Waals surface area contributed by atoms with E-state index in [1.54, 1.807) is 0 Å². The van der Waals surface area contributed by atoms with E-state index >= 15 is 0 Å². The van der Waals surface area contributed by atoms with Crippen LogP contribution in [0, 0.1) is 11.8 Å². The molecule has 2 aliphatic carbocycles. The van der Waals surface area contributed by atoms with Crippen LogP contribution in [0.2, 0.25) is 0 Å². The van der Waals surface area contributed by atoms with Gasteiger partial charge in [0.2, 0.25) is 0 Å². The first-order chi connectivity index (χ1) is 20.3. The predicted molar refractivity (Wildman–Crippen MR) is 158 cm³/mol. The number of carbonyl (C=O) groups is 1. The summed E-state index contributed by atoms with van der Waals surface area (Å²) in [5, 5.41) is 13.7. The topological polar surface area (TPSA) is 52.6 Å². The number of Topliss-reactive ketones (excluding diaryl/α,β-unsaturated/α-hetero) is 1. The Morgan fingerprint density at radius 1 is 0.857 bits per heavy atom. The smallest absolute Gasteiger partial charge is 0.377 e. The molecule has 2 unspecified atom stereocenters. The molecular formula is C35H37F3N2O2. The van der Waals surface area contributed by atoms with Gasteiger partial charge in [0.05, 0.1) is 12.0 Å². The van der Waals surface area contributed by atoms with Gasteiger partial charge in [0, 0.05) is 18.5 Å². The second kappa shape index (κ2) is 11.8. The fourth-order valence-electron chi connectivity index (χ4n) is 7.48. The minimum absolute atomic E-state index is 0.267. The van der Waals surface area contributed by atoms with E-state index in [1.165, 1.54) is 5.56 Å². The van der Waals surface area contributed by atoms with Gasteiger partial charge in [0.15, 0.2) is 5.78 Å². The van der Waals surface area contributed by atoms with E-state index in [4.69, 9.17) is 0 Å². The standard InChI is InChI=1S/C35H37F3N2O2/c36-35(37,38)23-39-33(42)34(30-13-5-3-11-28(30)29-12-4-6-14-31(29)34)17-7-8-18-40-19-15-24(16-20-40)26-21-25-9-1-2-10-27(25)32(41)22-26/h1-14,24,26,33,39,42H,15-23H2/b8-7-. The molecule has 3 aliphatic rings. The Kier molecular flexibility index (Phi) is 8.09. The van der Waals surface area contributed by atoms with Crippen molar-refractivity contribution < 1.29 is 23.1 Å². The number of benzene rings is 3. The highest BCUT2D eigenvalue weighted by Crippen LogP contribution is 2.52. The van der Waals surface area contributed by atoms with Crippen molar-refractivity contribution in [3.63, 3.8) is 0 Å². The summed E-state index contributed by atoms with van der Waals surface area (Å²) in [6, 6.07) is 23.4. The third-order valence-corrected chi connectivity index (χ3v) is 9.58. The Hall–Kier alpha value is -3.26. The lowest BCUT2D eigenvalue weighted by Gasteiger charge is -2.38. The van der Waals surface area contributed by atoms with Crippen LogP contribution in [-0.2, 0) is 11.8 Å². The number of piperidine rings is 1. The molecule has 0 aromatic heterocycles. The van der Waals surface area contributed by atoms with Crippen molar-refractivity contribution in [2.45, 2.75) is 49.9 Å². The third-order valence-electron chi connectivity index (χ3n) is 9.58. The number of likely N-dealkylation sites (tertiary alicyclic amines) is 1. The van der Waals surface area contributed by atoms with Crippen LogP contribution >= 0.6 is 0 Å². The molecule has 3 aromatic carbocycles. The molecule has 0 spiro atoms. The number of allylic oxidation sites excluding steroid dienone is 1. The fourth-order valence-corrected chi connectivity index (χ4v) is 7.48. The number of halogens is 3. The lowest BCUT2D eigenvalue weighted by atomic mass is 9.73. The van der Waals surface area contributed by atoms with Crippen LogP contribution in [0.3, 0.4) is 0 Å². The van der Waals surface area contributed by atoms with Gasteiger partial charge in [-0.05, 0) is 78.4 Å². The van der Waals surface area contributed by atoms with E-state index < -0.39 is 24.4 Å². The van der Waals surface area contributed by atoms with Gasteiger partial charge in [-0.3, -0.25) is 15.0 Å². The number of aliphatic hydroxyl groups excluding tert-OH is 1. The zero-order valence-electron chi connectivity index (χ0n) is 23.6. The van der Waals surface area contributed by atoms with Gasteiger partial charge in [-0.2, -0.15) is 13.2 Å². The summed E-state index contributed by atoms with van der Waals surface area (Å²) >= 11 is 0. The van der Waals surface area contributed by atoms with E-state index in [0.29, 0.717) is 24.7 Å². The Morgan fingerprint density at radius 3 is 2.10 bits per heavy atom. The third kappa shape index (κ3) is 5.58. The lowest BCUT2D eigenvalue weighted by Crippen LogP contribution is -2.50. The highest BCUT2D eigenvalue weighted by atomic mass is 19.4. The maximum atomic E-state index is 13.2. The SMILES string of the molecule is O=C1CC(C2CCN(C/C=C\CC3(C(O)NCC(F)(F)F)c4ccccc4-c4ccccc43)CC2)Cc2ccccc21. The van der Waals surface area contributed by atoms with Crippen LogP contribution < -0.4 is 5.32 Å². The molecule has 0 radical (unpaired) electrons. The van der Waals surface area contributed by atoms with Crippen molar-refractivity contribution in [2.24, 2.45) is 11.8 Å². The van der Waals surface area contributed by atoms with Gasteiger partial charge in [0.1, 0.15) is 6.23 Å². The minimum atomic E-state index is -4.43. The summed E-state index contributed by atoms with van der Waals surface area (Å²) in [5.74, 6) is 1.20. The van der Waals surface area contributed by atoms with Gasteiger partial charge >= 0.3 is 6.18 Å². The fraction of sp³-hybridized carbons (Fsp3) is 0.400. The summed E-state index contributed by atoms with van der Waals surface area (Å²) in [7, 11) is 0. The number of alkyl halides is 3. The first-order valence-corrected chi connectivity index (χ1v) is 14.9. The van der Waals surface area contributed by atoms with Gasteiger partial charge < -0.3 is 5.11 Å². The van der Waals surface area contributed by atoms with Crippen molar-refractivity contribution in [3.8, 4) is 11.1 Å². The quantitative estimate of drug-likeness (QED) is 0.237. The average Bonchev–Trinajstić information content (AvgIpc) is 3.29. The molecule has 42 heavy (non-hydrogen) atoms. The summed E-state index contributed by atoms with van der Waals surface area (Å²) in [6.45, 7) is 1.38. The molecule has 1 saturated heterocycles. The number of carbonyl (C=O) groups excluding carboxylic acids is 1. The number of nitrogens with zero attached hydrogens (tertiary/aromatic N) is 1. The van der Waals surface area contributed by atoms with Crippen molar-refractivity contribution in [2.75, 3.05) is 26.2 Å². The van der Waals surface area contributed by atoms with E-state index in [-0.39, 0.29) is 5.78 Å². The van der Waals surface area contributed by atoms with Crippen LogP contribution in [0.4, 0.5) is 13.2 Å². The van der Waals surface area contributed by atoms with E-state index in [0.717, 1.165) is 66.7 Å². The molecule has 1 fully saturated rings. The molecule has 1 heterocycles. The van der Waals surface area contributed by atoms with Gasteiger partial charge in [0.25, 0.3) is 0 Å². The molecule has 0 saturated carbocycles. The van der Waals surface area contributed by atoms with Crippen molar-refractivity contribution in [3.05, 3.63) is 107 Å². The number of ketones is 1. The van der Waals surface area contributed by atoms with Gasteiger partial charge in [-0.25, -0.2) is 0 Å². The molecule has 0 bridgehead atoms. The van der Waals surface area contributed by atoms with Crippen molar-refractivity contribution in [1.82, 2.24) is 10.2 Å². The molecule has 6 rings (SSSR count). The first kappa shape index (κ1) is 28.8. The van der Waals surface area contributed by atoms with Crippen LogP contribution in [0.1, 0.15) is 52.7 Å². The molecule has 3 aromatic rings. The molecular weight excluding hydrogens is 537 g/mol. The Bertz CT molecular complexity index is 1410. The molecule has 7 heteroatoms. The number of nitrogens with one attached hydrogen (secondary N) is 1. The van der Waals surface area contributed by atoms with E-state index in [9.17, 15) is 23.1 Å². The molecule has 220 valence electrons. The summed E-state index contributed by atoms with van der Waals surface area (Å²) < 4.78 is 39.5. The average molecular weight is 575 g/mol. The van der Waals surface area contributed by atoms with E-state index in [2.05, 4.69) is 22.4 Å². The number of fused-ring (bicyclic) bond motifs is 4. The van der Waals surface area contributed by atoms with Gasteiger partial charge in [-0.15, -0.1) is 0 Å². The van der Waals surface area contributed by atoms with Crippen LogP contribution in [0.25, 0.3) is 11.1 Å². The van der Waals surface area contributed by atoms with E-state index in [1.807, 2.05) is 72.8 Å². The Morgan fingerprint density at radius 2 is 1.45 bits per heavy atom. The number of hydrogen-bond donors (Lipinski definition) is 2. The summed E-state index contributed by atoms with van der Waals surface area (Å²) in [6.07, 6.45) is 2.33. The van der Waals surface area contributed by atoms with Crippen LogP contribution in [0.15, 0.2) is 84.9 Å². The zero-order chi connectivity index (χ0) is 29.3. The Labute approximate surface area is 245 Å². The molecule has 4 nitrogen and oxygen atoms in total. The number of hydrogen-bond acceptors (Lipinski definition) is 4. The number of rotatable bonds is 8. The summed E-state index contributed by atoms with van der Waals surface area (Å²) in [4.78, 5) is 15.1. The second-order valence-corrected chi connectivity index (χ2v) is 12.0. The van der Waals surface area contributed by atoms with Crippen LogP contribution in [0.5, 0.6) is 0 Å². The Balaban J connectivity index is 1.13. The largest absolute Gasteiger partial charge is 0.401 e. The normalized spacial score (nSPS) is 21.2. The highest BCUT2D eigenvalue weighted by Gasteiger charge is 2.48. The predicted octanol–water partition coefficient (Wildman–Crippen LogP) is 6.53.